The molecule has 0 aliphatic heterocycles. The Balaban J connectivity index is -0.000000559. The SMILES string of the molecule is CCCCCCCCC=CCCCCCCCC(=O)O.O=P(O)(O)OP(=O)(O)O.OCC(O)CO. The van der Waals surface area contributed by atoms with E-state index in [1.165, 1.54) is 70.6 Å². The van der Waals surface area contributed by atoms with Crippen LogP contribution in [0.25, 0.3) is 0 Å². The topological polar surface area (TPSA) is 222 Å². The molecule has 0 radical (unpaired) electrons. The molecule has 0 aromatic heterocycles. The molecule has 0 aromatic rings. The van der Waals surface area contributed by atoms with Crippen LogP contribution in [0.1, 0.15) is 96.8 Å². The highest BCUT2D eigenvalue weighted by Crippen LogP contribution is 2.53. The van der Waals surface area contributed by atoms with Crippen LogP contribution in [-0.4, -0.2) is 65.3 Å². The summed E-state index contributed by atoms with van der Waals surface area (Å²) in [5, 5.41) is 32.5. The van der Waals surface area contributed by atoms with E-state index in [1.54, 1.807) is 0 Å². The highest BCUT2D eigenvalue weighted by molar-refractivity contribution is 7.60. The lowest BCUT2D eigenvalue weighted by atomic mass is 10.1. The van der Waals surface area contributed by atoms with Crippen LogP contribution in [0.15, 0.2) is 12.2 Å². The lowest BCUT2D eigenvalue weighted by Gasteiger charge is -2.03. The van der Waals surface area contributed by atoms with Crippen molar-refractivity contribution in [3.8, 4) is 0 Å². The number of carbonyl (C=O) groups is 1. The van der Waals surface area contributed by atoms with Gasteiger partial charge in [0.15, 0.2) is 0 Å². The molecule has 0 rings (SSSR count). The van der Waals surface area contributed by atoms with Crippen LogP contribution in [0.5, 0.6) is 0 Å². The van der Waals surface area contributed by atoms with E-state index in [4.69, 9.17) is 40.0 Å². The molecule has 14 heteroatoms. The summed E-state index contributed by atoms with van der Waals surface area (Å²) in [6, 6.07) is 0. The van der Waals surface area contributed by atoms with Gasteiger partial charge in [0.05, 0.1) is 13.2 Å². The quantitative estimate of drug-likeness (QED) is 0.0653. The Kier molecular flexibility index (Phi) is 29.3. The Morgan fingerprint density at radius 2 is 1.11 bits per heavy atom. The summed E-state index contributed by atoms with van der Waals surface area (Å²) in [6.45, 7) is 1.53. The first-order valence-corrected chi connectivity index (χ1v) is 14.9. The second kappa shape index (κ2) is 26.4. The van der Waals surface area contributed by atoms with Gasteiger partial charge in [0.1, 0.15) is 6.10 Å². The molecule has 0 spiro atoms. The molecule has 0 aliphatic carbocycles. The molecule has 0 amide bonds. The fourth-order valence-corrected chi connectivity index (χ4v) is 3.65. The maximum absolute atomic E-state index is 10.3. The number of unbranched alkanes of at least 4 members (excludes halogenated alkanes) is 11. The first-order valence-electron chi connectivity index (χ1n) is 11.9. The van der Waals surface area contributed by atoms with Gasteiger partial charge in [-0.2, -0.15) is 4.31 Å². The van der Waals surface area contributed by atoms with Crippen LogP contribution in [0.3, 0.4) is 0 Å². The Labute approximate surface area is 208 Å². The molecule has 0 fully saturated rings. The molecule has 0 aliphatic rings. The summed E-state index contributed by atoms with van der Waals surface area (Å²) >= 11 is 0. The number of carboxylic acid groups (broad SMARTS) is 1. The molecular weight excluding hydrogens is 506 g/mol. The van der Waals surface area contributed by atoms with Gasteiger partial charge in [0.2, 0.25) is 0 Å². The van der Waals surface area contributed by atoms with Crippen LogP contribution in [0, 0.1) is 0 Å². The van der Waals surface area contributed by atoms with Gasteiger partial charge < -0.3 is 40.0 Å². The van der Waals surface area contributed by atoms with Crippen molar-refractivity contribution in [2.75, 3.05) is 13.2 Å². The number of allylic oxidation sites excluding steroid dienone is 2. The predicted molar refractivity (Wildman–Crippen MR) is 132 cm³/mol. The third kappa shape index (κ3) is 47.2. The summed E-state index contributed by atoms with van der Waals surface area (Å²) in [7, 11) is -10.1. The van der Waals surface area contributed by atoms with Crippen molar-refractivity contribution in [2.45, 2.75) is 103 Å². The lowest BCUT2D eigenvalue weighted by molar-refractivity contribution is -0.137. The highest BCUT2D eigenvalue weighted by atomic mass is 31.3. The van der Waals surface area contributed by atoms with Crippen LogP contribution in [-0.2, 0) is 18.2 Å². The summed E-state index contributed by atoms with van der Waals surface area (Å²) in [6.07, 6.45) is 20.3. The minimum atomic E-state index is -5.05. The number of phosphoric acid groups is 2. The van der Waals surface area contributed by atoms with Gasteiger partial charge in [-0.25, -0.2) is 9.13 Å². The molecule has 35 heavy (non-hydrogen) atoms. The Hall–Kier alpha value is -0.650. The van der Waals surface area contributed by atoms with Gasteiger partial charge in [-0.15, -0.1) is 0 Å². The molecule has 8 N–H and O–H groups in total. The van der Waals surface area contributed by atoms with Gasteiger partial charge in [0.25, 0.3) is 0 Å². The fraction of sp³-hybridized carbons (Fsp3) is 0.857. The number of aliphatic hydroxyl groups is 3. The van der Waals surface area contributed by atoms with Crippen LogP contribution >= 0.6 is 15.6 Å². The maximum atomic E-state index is 10.3. The third-order valence-electron chi connectivity index (χ3n) is 4.29. The minimum Gasteiger partial charge on any atom is -0.481 e. The summed E-state index contributed by atoms with van der Waals surface area (Å²) in [5.41, 5.74) is 0. The average Bonchev–Trinajstić information content (AvgIpc) is 2.74. The Morgan fingerprint density at radius 3 is 1.40 bits per heavy atom. The first kappa shape index (κ1) is 38.9. The average molecular weight is 553 g/mol. The summed E-state index contributed by atoms with van der Waals surface area (Å²) < 4.78 is 22.2. The zero-order chi connectivity index (χ0) is 27.6. The highest BCUT2D eigenvalue weighted by Gasteiger charge is 2.27. The minimum absolute atomic E-state index is 0.332. The molecular formula is C21H46O12P2. The van der Waals surface area contributed by atoms with E-state index in [0.29, 0.717) is 6.42 Å². The van der Waals surface area contributed by atoms with Crippen LogP contribution in [0.4, 0.5) is 0 Å². The molecule has 0 heterocycles. The van der Waals surface area contributed by atoms with E-state index in [2.05, 4.69) is 23.4 Å². The molecule has 12 nitrogen and oxygen atoms in total. The number of rotatable bonds is 19. The first-order chi connectivity index (χ1) is 16.3. The third-order valence-corrected chi connectivity index (χ3v) is 5.99. The number of hydrogen-bond donors (Lipinski definition) is 8. The molecule has 0 bridgehead atoms. The Bertz CT molecular complexity index is 565. The zero-order valence-electron chi connectivity index (χ0n) is 20.7. The number of aliphatic carboxylic acids is 1. The van der Waals surface area contributed by atoms with E-state index >= 15 is 0 Å². The van der Waals surface area contributed by atoms with E-state index < -0.39 is 27.7 Å². The summed E-state index contributed by atoms with van der Waals surface area (Å²) in [4.78, 5) is 41.3. The van der Waals surface area contributed by atoms with Crippen LogP contribution in [0.2, 0.25) is 0 Å². The second-order valence-electron chi connectivity index (χ2n) is 7.81. The largest absolute Gasteiger partial charge is 0.481 e. The van der Waals surface area contributed by atoms with E-state index in [0.717, 1.165) is 12.8 Å². The van der Waals surface area contributed by atoms with Gasteiger partial charge in [-0.1, -0.05) is 70.4 Å². The molecule has 0 saturated carbocycles. The normalized spacial score (nSPS) is 11.7. The van der Waals surface area contributed by atoms with Gasteiger partial charge in [0, 0.05) is 6.42 Å². The molecule has 212 valence electrons. The second-order valence-corrected chi connectivity index (χ2v) is 10.4. The summed E-state index contributed by atoms with van der Waals surface area (Å²) in [5.74, 6) is -0.664. The zero-order valence-corrected chi connectivity index (χ0v) is 22.4. The number of hydrogen-bond acceptors (Lipinski definition) is 7. The van der Waals surface area contributed by atoms with E-state index in [-0.39, 0.29) is 13.2 Å². The van der Waals surface area contributed by atoms with Gasteiger partial charge in [-0.3, -0.25) is 4.79 Å². The molecule has 0 aromatic carbocycles. The van der Waals surface area contributed by atoms with Crippen molar-refractivity contribution >= 4 is 21.6 Å². The van der Waals surface area contributed by atoms with Crippen molar-refractivity contribution in [2.24, 2.45) is 0 Å². The molecule has 0 atom stereocenters. The van der Waals surface area contributed by atoms with E-state index in [1.807, 2.05) is 0 Å². The van der Waals surface area contributed by atoms with Crippen molar-refractivity contribution in [1.29, 1.82) is 0 Å². The van der Waals surface area contributed by atoms with Crippen LogP contribution < -0.4 is 0 Å². The smallest absolute Gasteiger partial charge is 0.478 e. The van der Waals surface area contributed by atoms with Crippen molar-refractivity contribution < 1.29 is 58.2 Å². The van der Waals surface area contributed by atoms with Gasteiger partial charge >= 0.3 is 21.6 Å². The molecule has 0 saturated heterocycles. The van der Waals surface area contributed by atoms with Crippen molar-refractivity contribution in [3.05, 3.63) is 12.2 Å². The van der Waals surface area contributed by atoms with Crippen molar-refractivity contribution in [1.82, 2.24) is 0 Å². The van der Waals surface area contributed by atoms with E-state index in [9.17, 15) is 13.9 Å². The van der Waals surface area contributed by atoms with Gasteiger partial charge in [-0.05, 0) is 32.1 Å². The predicted octanol–water partition coefficient (Wildman–Crippen LogP) is 3.63. The number of aliphatic hydroxyl groups excluding tert-OH is 3. The monoisotopic (exact) mass is 552 g/mol. The lowest BCUT2D eigenvalue weighted by Crippen LogP contribution is -2.15. The maximum Gasteiger partial charge on any atom is 0.478 e. The standard InChI is InChI=1S/C18H34O2.C3H8O3.H4O7P2/c1-2-3-4-5-6-7-8-9-10-11-12-13-14-15-16-17-18(19)20;4-1-3(6)2-5;1-8(2,3)7-9(4,5)6/h9-10H,2-8,11-17H2,1H3,(H,19,20);3-6H,1-2H2;(H2,1,2,3)(H2,4,5,6). The van der Waals surface area contributed by atoms with Crippen molar-refractivity contribution in [3.63, 3.8) is 0 Å². The fourth-order valence-electron chi connectivity index (χ4n) is 2.54. The number of carboxylic acids is 1. The Morgan fingerprint density at radius 1 is 0.743 bits per heavy atom. The molecule has 0 unspecified atom stereocenters.